The third kappa shape index (κ3) is 3.05. The van der Waals surface area contributed by atoms with Gasteiger partial charge in [0.05, 0.1) is 16.1 Å². The van der Waals surface area contributed by atoms with Crippen LogP contribution < -0.4 is 5.73 Å². The van der Waals surface area contributed by atoms with Crippen molar-refractivity contribution in [2.75, 3.05) is 5.73 Å². The highest BCUT2D eigenvalue weighted by atomic mass is 32.1. The van der Waals surface area contributed by atoms with Crippen molar-refractivity contribution < 1.29 is 18.0 Å². The minimum absolute atomic E-state index is 0.241. The van der Waals surface area contributed by atoms with E-state index in [1.165, 1.54) is 6.07 Å². The fraction of sp³-hybridized carbons (Fsp3) is 0.0556. The van der Waals surface area contributed by atoms with Gasteiger partial charge in [0.15, 0.2) is 5.78 Å². The summed E-state index contributed by atoms with van der Waals surface area (Å²) in [7, 11) is 0. The number of nitrogens with two attached hydrogens (primary N) is 1. The van der Waals surface area contributed by atoms with Crippen LogP contribution in [0.3, 0.4) is 0 Å². The molecule has 122 valence electrons. The number of carbonyl (C=O) groups excluding carboxylic acids is 1. The number of alkyl halides is 3. The Bertz CT molecular complexity index is 885. The van der Waals surface area contributed by atoms with E-state index in [0.29, 0.717) is 16.7 Å². The van der Waals surface area contributed by atoms with Crippen LogP contribution in [0.15, 0.2) is 60.0 Å². The van der Waals surface area contributed by atoms with Gasteiger partial charge in [-0.1, -0.05) is 42.5 Å². The molecule has 0 atom stereocenters. The summed E-state index contributed by atoms with van der Waals surface area (Å²) in [6.07, 6.45) is -4.44. The van der Waals surface area contributed by atoms with Gasteiger partial charge < -0.3 is 5.73 Å². The number of hydrogen-bond donors (Lipinski definition) is 1. The molecule has 3 rings (SSSR count). The van der Waals surface area contributed by atoms with E-state index in [0.717, 1.165) is 23.5 Å². The van der Waals surface area contributed by atoms with Crippen LogP contribution in [-0.2, 0) is 6.18 Å². The molecule has 0 aliphatic heterocycles. The summed E-state index contributed by atoms with van der Waals surface area (Å²) in [5.41, 5.74) is 6.57. The molecular weight excluding hydrogens is 335 g/mol. The molecule has 0 saturated heterocycles. The highest BCUT2D eigenvalue weighted by Crippen LogP contribution is 2.38. The zero-order valence-corrected chi connectivity index (χ0v) is 13.1. The molecule has 0 aliphatic rings. The molecule has 3 aromatic rings. The lowest BCUT2D eigenvalue weighted by Crippen LogP contribution is -2.06. The molecule has 2 aromatic carbocycles. The van der Waals surface area contributed by atoms with Crippen LogP contribution in [0.4, 0.5) is 18.2 Å². The topological polar surface area (TPSA) is 43.1 Å². The lowest BCUT2D eigenvalue weighted by Gasteiger charge is -2.10. The van der Waals surface area contributed by atoms with Gasteiger partial charge in [0.25, 0.3) is 0 Å². The second kappa shape index (κ2) is 6.13. The molecule has 1 aromatic heterocycles. The van der Waals surface area contributed by atoms with Gasteiger partial charge in [-0.2, -0.15) is 13.2 Å². The molecule has 0 radical (unpaired) electrons. The Hall–Kier alpha value is -2.60. The lowest BCUT2D eigenvalue weighted by atomic mass is 9.96. The monoisotopic (exact) mass is 347 g/mol. The zero-order valence-electron chi connectivity index (χ0n) is 12.3. The van der Waals surface area contributed by atoms with Crippen LogP contribution in [0, 0.1) is 0 Å². The summed E-state index contributed by atoms with van der Waals surface area (Å²) in [4.78, 5) is 12.7. The summed E-state index contributed by atoms with van der Waals surface area (Å²) in [5.74, 6) is -0.304. The fourth-order valence-corrected chi connectivity index (χ4v) is 3.24. The summed E-state index contributed by atoms with van der Waals surface area (Å²) >= 11 is 1.14. The second-order valence-electron chi connectivity index (χ2n) is 5.16. The van der Waals surface area contributed by atoms with Gasteiger partial charge >= 0.3 is 6.18 Å². The van der Waals surface area contributed by atoms with E-state index < -0.39 is 11.7 Å². The molecule has 2 nitrogen and oxygen atoms in total. The van der Waals surface area contributed by atoms with Crippen LogP contribution in [-0.4, -0.2) is 5.78 Å². The minimum atomic E-state index is -4.44. The maximum atomic E-state index is 12.9. The molecule has 24 heavy (non-hydrogen) atoms. The predicted molar refractivity (Wildman–Crippen MR) is 89.0 cm³/mol. The number of nitrogen functional groups attached to an aromatic ring is 1. The molecule has 0 spiro atoms. The highest BCUT2D eigenvalue weighted by Gasteiger charge is 2.31. The van der Waals surface area contributed by atoms with Crippen molar-refractivity contribution >= 4 is 22.1 Å². The van der Waals surface area contributed by atoms with Crippen molar-refractivity contribution in [1.82, 2.24) is 0 Å². The molecule has 0 amide bonds. The van der Waals surface area contributed by atoms with E-state index in [2.05, 4.69) is 0 Å². The molecule has 0 bridgehead atoms. The molecule has 0 aliphatic carbocycles. The third-order valence-electron chi connectivity index (χ3n) is 3.58. The largest absolute Gasteiger partial charge is 0.416 e. The molecular formula is C18H12F3NOS. The quantitative estimate of drug-likeness (QED) is 0.658. The normalized spacial score (nSPS) is 11.5. The summed E-state index contributed by atoms with van der Waals surface area (Å²) < 4.78 is 38.8. The second-order valence-corrected chi connectivity index (χ2v) is 6.07. The van der Waals surface area contributed by atoms with E-state index >= 15 is 0 Å². The van der Waals surface area contributed by atoms with Crippen molar-refractivity contribution in [2.24, 2.45) is 0 Å². The highest BCUT2D eigenvalue weighted by molar-refractivity contribution is 7.15. The number of thiophene rings is 1. The van der Waals surface area contributed by atoms with Crippen molar-refractivity contribution in [3.05, 3.63) is 76.7 Å². The SMILES string of the molecule is Nc1scc(-c2cccc(C(F)(F)F)c2)c1C(=O)c1ccccc1. The first-order chi connectivity index (χ1) is 11.4. The number of hydrogen-bond acceptors (Lipinski definition) is 3. The van der Waals surface area contributed by atoms with Crippen LogP contribution in [0.2, 0.25) is 0 Å². The molecule has 0 saturated carbocycles. The molecule has 2 N–H and O–H groups in total. The summed E-state index contributed by atoms with van der Waals surface area (Å²) in [5, 5.41) is 1.90. The summed E-state index contributed by atoms with van der Waals surface area (Å²) in [6, 6.07) is 13.4. The van der Waals surface area contributed by atoms with Gasteiger partial charge in [0.1, 0.15) is 0 Å². The molecule has 0 unspecified atom stereocenters. The van der Waals surface area contributed by atoms with Gasteiger partial charge in [-0.3, -0.25) is 4.79 Å². The van der Waals surface area contributed by atoms with Crippen molar-refractivity contribution in [3.8, 4) is 11.1 Å². The van der Waals surface area contributed by atoms with Gasteiger partial charge in [0, 0.05) is 16.5 Å². The Morgan fingerprint density at radius 1 is 1.00 bits per heavy atom. The number of ketones is 1. The standard InChI is InChI=1S/C18H12F3NOS/c19-18(20,21)13-8-4-7-12(9-13)14-10-24-17(22)15(14)16(23)11-5-2-1-3-6-11/h1-10H,22H2. The Balaban J connectivity index is 2.10. The number of halogens is 3. The Morgan fingerprint density at radius 2 is 1.71 bits per heavy atom. The summed E-state index contributed by atoms with van der Waals surface area (Å²) in [6.45, 7) is 0. The molecule has 1 heterocycles. The van der Waals surface area contributed by atoms with Crippen LogP contribution >= 0.6 is 11.3 Å². The van der Waals surface area contributed by atoms with Gasteiger partial charge in [-0.25, -0.2) is 0 Å². The maximum Gasteiger partial charge on any atom is 0.416 e. The fourth-order valence-electron chi connectivity index (χ4n) is 2.42. The van der Waals surface area contributed by atoms with Gasteiger partial charge in [-0.15, -0.1) is 11.3 Å². The third-order valence-corrected chi connectivity index (χ3v) is 4.40. The predicted octanol–water partition coefficient (Wildman–Crippen LogP) is 5.25. The number of anilines is 1. The maximum absolute atomic E-state index is 12.9. The first-order valence-electron chi connectivity index (χ1n) is 7.02. The Labute approximate surface area is 140 Å². The first kappa shape index (κ1) is 16.3. The zero-order chi connectivity index (χ0) is 17.3. The van der Waals surface area contributed by atoms with E-state index in [1.54, 1.807) is 41.8 Å². The smallest absolute Gasteiger partial charge is 0.390 e. The van der Waals surface area contributed by atoms with Crippen LogP contribution in [0.5, 0.6) is 0 Å². The van der Waals surface area contributed by atoms with Gasteiger partial charge in [0.2, 0.25) is 0 Å². The average Bonchev–Trinajstić information content (AvgIpc) is 2.96. The number of rotatable bonds is 3. The van der Waals surface area contributed by atoms with Gasteiger partial charge in [-0.05, 0) is 17.7 Å². The number of carbonyl (C=O) groups is 1. The van der Waals surface area contributed by atoms with E-state index in [4.69, 9.17) is 5.73 Å². The van der Waals surface area contributed by atoms with Crippen molar-refractivity contribution in [2.45, 2.75) is 6.18 Å². The van der Waals surface area contributed by atoms with Crippen LogP contribution in [0.1, 0.15) is 21.5 Å². The first-order valence-corrected chi connectivity index (χ1v) is 7.90. The van der Waals surface area contributed by atoms with Crippen molar-refractivity contribution in [3.63, 3.8) is 0 Å². The molecule has 6 heteroatoms. The Kier molecular flexibility index (Phi) is 4.15. The minimum Gasteiger partial charge on any atom is -0.390 e. The van der Waals surface area contributed by atoms with E-state index in [1.807, 2.05) is 0 Å². The average molecular weight is 347 g/mol. The van der Waals surface area contributed by atoms with Crippen molar-refractivity contribution in [1.29, 1.82) is 0 Å². The number of benzene rings is 2. The van der Waals surface area contributed by atoms with Crippen LogP contribution in [0.25, 0.3) is 11.1 Å². The Morgan fingerprint density at radius 3 is 2.38 bits per heavy atom. The molecule has 0 fully saturated rings. The lowest BCUT2D eigenvalue weighted by molar-refractivity contribution is -0.137. The van der Waals surface area contributed by atoms with E-state index in [9.17, 15) is 18.0 Å². The van der Waals surface area contributed by atoms with E-state index in [-0.39, 0.29) is 16.3 Å².